The molecule has 3 rings (SSSR count). The minimum Gasteiger partial charge on any atom is -0.497 e. The lowest BCUT2D eigenvalue weighted by Gasteiger charge is -2.21. The number of aryl methyl sites for hydroxylation is 1. The summed E-state index contributed by atoms with van der Waals surface area (Å²) in [4.78, 5) is 31.7. The van der Waals surface area contributed by atoms with Crippen LogP contribution in [-0.4, -0.2) is 34.0 Å². The van der Waals surface area contributed by atoms with E-state index in [4.69, 9.17) is 4.74 Å². The Kier molecular flexibility index (Phi) is 5.68. The highest BCUT2D eigenvalue weighted by atomic mass is 32.1. The van der Waals surface area contributed by atoms with E-state index < -0.39 is 0 Å². The molecule has 6 nitrogen and oxygen atoms in total. The topological polar surface area (TPSA) is 64.4 Å². The summed E-state index contributed by atoms with van der Waals surface area (Å²) in [6, 6.07) is 9.45. The zero-order valence-corrected chi connectivity index (χ0v) is 15.7. The summed E-state index contributed by atoms with van der Waals surface area (Å²) in [7, 11) is 1.63. The summed E-state index contributed by atoms with van der Waals surface area (Å²) in [6.45, 7) is 3.43. The number of carbonyl (C=O) groups excluding carboxylic acids is 1. The molecule has 2 aromatic heterocycles. The van der Waals surface area contributed by atoms with E-state index in [-0.39, 0.29) is 17.9 Å². The fraction of sp³-hybridized carbons (Fsp3) is 0.316. The standard InChI is InChI=1S/C19H21N3O3S/c1-3-21(12-14-4-6-15(25-2)7-5-14)17(23)8-10-22-13-20-18-16(19(22)24)9-11-26-18/h4-7,9,11,13H,3,8,10,12H2,1-2H3. The van der Waals surface area contributed by atoms with Gasteiger partial charge in [-0.25, -0.2) is 4.98 Å². The van der Waals surface area contributed by atoms with E-state index in [1.807, 2.05) is 36.6 Å². The Morgan fingerprint density at radius 1 is 1.27 bits per heavy atom. The highest BCUT2D eigenvalue weighted by molar-refractivity contribution is 7.16. The van der Waals surface area contributed by atoms with Crippen molar-refractivity contribution in [2.45, 2.75) is 26.4 Å². The van der Waals surface area contributed by atoms with E-state index in [1.165, 1.54) is 22.2 Å². The maximum absolute atomic E-state index is 12.6. The van der Waals surface area contributed by atoms with E-state index in [0.29, 0.717) is 25.0 Å². The van der Waals surface area contributed by atoms with Gasteiger partial charge in [-0.3, -0.25) is 14.2 Å². The van der Waals surface area contributed by atoms with Gasteiger partial charge < -0.3 is 9.64 Å². The van der Waals surface area contributed by atoms with Crippen LogP contribution in [0.15, 0.2) is 46.8 Å². The summed E-state index contributed by atoms with van der Waals surface area (Å²) >= 11 is 1.44. The van der Waals surface area contributed by atoms with Crippen molar-refractivity contribution >= 4 is 27.5 Å². The zero-order valence-electron chi connectivity index (χ0n) is 14.8. The molecule has 0 N–H and O–H groups in total. The van der Waals surface area contributed by atoms with Crippen LogP contribution in [0.5, 0.6) is 5.75 Å². The molecule has 0 saturated heterocycles. The first-order valence-corrected chi connectivity index (χ1v) is 9.33. The van der Waals surface area contributed by atoms with Crippen LogP contribution in [0.25, 0.3) is 10.2 Å². The first kappa shape index (κ1) is 18.1. The van der Waals surface area contributed by atoms with E-state index in [0.717, 1.165) is 16.1 Å². The number of thiophene rings is 1. The summed E-state index contributed by atoms with van der Waals surface area (Å²) in [5.41, 5.74) is 0.946. The van der Waals surface area contributed by atoms with Crippen LogP contribution in [0.3, 0.4) is 0 Å². The first-order valence-electron chi connectivity index (χ1n) is 8.45. The van der Waals surface area contributed by atoms with Crippen molar-refractivity contribution in [1.82, 2.24) is 14.5 Å². The Morgan fingerprint density at radius 2 is 2.04 bits per heavy atom. The third-order valence-electron chi connectivity index (χ3n) is 4.28. The van der Waals surface area contributed by atoms with Gasteiger partial charge in [0.15, 0.2) is 0 Å². The monoisotopic (exact) mass is 371 g/mol. The van der Waals surface area contributed by atoms with Crippen molar-refractivity contribution in [2.24, 2.45) is 0 Å². The summed E-state index contributed by atoms with van der Waals surface area (Å²) in [5.74, 6) is 0.805. The number of ether oxygens (including phenoxy) is 1. The van der Waals surface area contributed by atoms with Crippen molar-refractivity contribution in [3.05, 3.63) is 58.0 Å². The highest BCUT2D eigenvalue weighted by Crippen LogP contribution is 2.15. The molecule has 3 aromatic rings. The Balaban J connectivity index is 1.64. The van der Waals surface area contributed by atoms with Crippen LogP contribution in [0, 0.1) is 0 Å². The molecule has 0 aliphatic rings. The molecular formula is C19H21N3O3S. The number of hydrogen-bond acceptors (Lipinski definition) is 5. The van der Waals surface area contributed by atoms with E-state index in [1.54, 1.807) is 18.1 Å². The predicted octanol–water partition coefficient (Wildman–Crippen LogP) is 2.91. The van der Waals surface area contributed by atoms with Crippen molar-refractivity contribution in [1.29, 1.82) is 0 Å². The van der Waals surface area contributed by atoms with Crippen molar-refractivity contribution in [2.75, 3.05) is 13.7 Å². The summed E-state index contributed by atoms with van der Waals surface area (Å²) in [5, 5.41) is 2.46. The molecule has 2 heterocycles. The smallest absolute Gasteiger partial charge is 0.262 e. The summed E-state index contributed by atoms with van der Waals surface area (Å²) < 4.78 is 6.66. The number of amides is 1. The number of rotatable bonds is 7. The predicted molar refractivity (Wildman–Crippen MR) is 103 cm³/mol. The highest BCUT2D eigenvalue weighted by Gasteiger charge is 2.13. The SMILES string of the molecule is CCN(Cc1ccc(OC)cc1)C(=O)CCn1cnc2sccc2c1=O. The number of carbonyl (C=O) groups is 1. The fourth-order valence-corrected chi connectivity index (χ4v) is 3.48. The second-order valence-electron chi connectivity index (χ2n) is 5.89. The Bertz CT molecular complexity index is 947. The molecule has 0 unspecified atom stereocenters. The number of benzene rings is 1. The lowest BCUT2D eigenvalue weighted by Crippen LogP contribution is -2.32. The number of methoxy groups -OCH3 is 1. The van der Waals surface area contributed by atoms with Crippen molar-refractivity contribution in [3.8, 4) is 5.75 Å². The molecule has 0 atom stereocenters. The zero-order chi connectivity index (χ0) is 18.5. The quantitative estimate of drug-likeness (QED) is 0.641. The lowest BCUT2D eigenvalue weighted by molar-refractivity contribution is -0.131. The number of hydrogen-bond donors (Lipinski definition) is 0. The van der Waals surface area contributed by atoms with Gasteiger partial charge in [-0.15, -0.1) is 11.3 Å². The number of nitrogens with zero attached hydrogens (tertiary/aromatic N) is 3. The Morgan fingerprint density at radius 3 is 2.73 bits per heavy atom. The molecule has 0 bridgehead atoms. The molecular weight excluding hydrogens is 350 g/mol. The maximum atomic E-state index is 12.6. The molecule has 136 valence electrons. The number of fused-ring (bicyclic) bond motifs is 1. The normalized spacial score (nSPS) is 10.8. The summed E-state index contributed by atoms with van der Waals surface area (Å²) in [6.07, 6.45) is 1.79. The van der Waals surface area contributed by atoms with Gasteiger partial charge in [0.2, 0.25) is 5.91 Å². The maximum Gasteiger partial charge on any atom is 0.262 e. The van der Waals surface area contributed by atoms with Gasteiger partial charge in [0.05, 0.1) is 18.8 Å². The molecule has 0 fully saturated rings. The average Bonchev–Trinajstić information content (AvgIpc) is 3.15. The van der Waals surface area contributed by atoms with Gasteiger partial charge in [-0.2, -0.15) is 0 Å². The molecule has 0 saturated carbocycles. The van der Waals surface area contributed by atoms with Gasteiger partial charge in [-0.1, -0.05) is 12.1 Å². The lowest BCUT2D eigenvalue weighted by atomic mass is 10.2. The van der Waals surface area contributed by atoms with Crippen molar-refractivity contribution in [3.63, 3.8) is 0 Å². The van der Waals surface area contributed by atoms with Crippen LogP contribution < -0.4 is 10.3 Å². The van der Waals surface area contributed by atoms with Gasteiger partial charge >= 0.3 is 0 Å². The minimum atomic E-state index is -0.0951. The average molecular weight is 371 g/mol. The Hall–Kier alpha value is -2.67. The van der Waals surface area contributed by atoms with E-state index in [9.17, 15) is 9.59 Å². The van der Waals surface area contributed by atoms with E-state index in [2.05, 4.69) is 4.98 Å². The third kappa shape index (κ3) is 3.94. The second-order valence-corrected chi connectivity index (χ2v) is 6.78. The molecule has 1 aromatic carbocycles. The Labute approximate surface area is 155 Å². The van der Waals surface area contributed by atoms with Crippen LogP contribution in [-0.2, 0) is 17.9 Å². The third-order valence-corrected chi connectivity index (χ3v) is 5.10. The molecule has 1 amide bonds. The van der Waals surface area contributed by atoms with Crippen LogP contribution >= 0.6 is 11.3 Å². The second kappa shape index (κ2) is 8.14. The fourth-order valence-electron chi connectivity index (χ4n) is 2.75. The molecule has 26 heavy (non-hydrogen) atoms. The minimum absolute atomic E-state index is 0.0145. The molecule has 0 aliphatic carbocycles. The number of aromatic nitrogens is 2. The molecule has 0 aliphatic heterocycles. The van der Waals surface area contributed by atoms with Crippen molar-refractivity contribution < 1.29 is 9.53 Å². The van der Waals surface area contributed by atoms with Crippen LogP contribution in [0.1, 0.15) is 18.9 Å². The van der Waals surface area contributed by atoms with Crippen LogP contribution in [0.4, 0.5) is 0 Å². The van der Waals surface area contributed by atoms with E-state index >= 15 is 0 Å². The van der Waals surface area contributed by atoms with Gasteiger partial charge in [0, 0.05) is 26.1 Å². The van der Waals surface area contributed by atoms with Gasteiger partial charge in [-0.05, 0) is 36.1 Å². The largest absolute Gasteiger partial charge is 0.497 e. The van der Waals surface area contributed by atoms with Gasteiger partial charge in [0.25, 0.3) is 5.56 Å². The molecule has 0 radical (unpaired) electrons. The van der Waals surface area contributed by atoms with Crippen LogP contribution in [0.2, 0.25) is 0 Å². The molecule has 7 heteroatoms. The van der Waals surface area contributed by atoms with Gasteiger partial charge in [0.1, 0.15) is 10.6 Å². The first-order chi connectivity index (χ1) is 12.6. The molecule has 0 spiro atoms.